The van der Waals surface area contributed by atoms with Crippen molar-refractivity contribution in [1.82, 2.24) is 0 Å². The maximum atomic E-state index is 2.65. The highest BCUT2D eigenvalue weighted by molar-refractivity contribution is 6.71. The van der Waals surface area contributed by atoms with Gasteiger partial charge in [0.2, 0.25) is 0 Å². The fourth-order valence-corrected chi connectivity index (χ4v) is 9.24. The van der Waals surface area contributed by atoms with Crippen LogP contribution in [0.15, 0.2) is 200 Å². The molecule has 9 aromatic rings. The first-order valence-electron chi connectivity index (χ1n) is 18.9. The fourth-order valence-electron chi connectivity index (χ4n) is 9.24. The molecule has 2 bridgehead atoms. The third-order valence-corrected chi connectivity index (χ3v) is 11.6. The number of nitrogens with zero attached hydrogens (tertiary/aromatic N) is 2. The van der Waals surface area contributed by atoms with Crippen LogP contribution in [0.25, 0.3) is 66.1 Å². The molecule has 0 unspecified atom stereocenters. The van der Waals surface area contributed by atoms with Crippen LogP contribution >= 0.6 is 0 Å². The summed E-state index contributed by atoms with van der Waals surface area (Å²) in [5.74, 6) is 0. The lowest BCUT2D eigenvalue weighted by molar-refractivity contribution is 1.25. The minimum absolute atomic E-state index is 0.0887. The number of fused-ring (bicyclic) bond motifs is 7. The normalized spacial score (nSPS) is 13.0. The first-order valence-corrected chi connectivity index (χ1v) is 18.9. The molecule has 2 aliphatic rings. The molecule has 0 radical (unpaired) electrons. The highest BCUT2D eigenvalue weighted by atomic mass is 15.2. The molecule has 0 aliphatic carbocycles. The van der Waals surface area contributed by atoms with Crippen LogP contribution < -0.4 is 9.62 Å². The number of hydrogen-bond acceptors (Lipinski definition) is 2. The van der Waals surface area contributed by atoms with Crippen molar-refractivity contribution in [2.24, 2.45) is 0 Å². The Morgan fingerprint density at radius 2 is 0.667 bits per heavy atom. The number of hydrogen-bond donors (Lipinski definition) is 0. The summed E-state index contributed by atoms with van der Waals surface area (Å²) in [7, 11) is 0. The molecular weight excluding hydrogens is 651 g/mol. The Balaban J connectivity index is 1.24. The summed E-state index contributed by atoms with van der Waals surface area (Å²) in [6.07, 6.45) is 0.832. The third-order valence-electron chi connectivity index (χ3n) is 11.6. The Bertz CT molecular complexity index is 2690. The van der Waals surface area contributed by atoms with E-state index in [9.17, 15) is 0 Å². The van der Waals surface area contributed by atoms with E-state index in [4.69, 9.17) is 0 Å². The van der Waals surface area contributed by atoms with Gasteiger partial charge < -0.3 is 9.62 Å². The van der Waals surface area contributed by atoms with Crippen LogP contribution in [0, 0.1) is 0 Å². The summed E-state index contributed by atoms with van der Waals surface area (Å²) in [6.45, 7) is -0.0887. The molecule has 2 aliphatic heterocycles. The summed E-state index contributed by atoms with van der Waals surface area (Å²) in [4.78, 5) is 5.30. The predicted molar refractivity (Wildman–Crippen MR) is 230 cm³/mol. The molecule has 0 saturated heterocycles. The molecule has 0 N–H and O–H groups in total. The van der Waals surface area contributed by atoms with Crippen LogP contribution in [0.1, 0.15) is 5.56 Å². The minimum Gasteiger partial charge on any atom is -0.364 e. The van der Waals surface area contributed by atoms with Crippen molar-refractivity contribution in [2.45, 2.75) is 6.32 Å². The zero-order valence-corrected chi connectivity index (χ0v) is 29.7. The van der Waals surface area contributed by atoms with E-state index < -0.39 is 0 Å². The van der Waals surface area contributed by atoms with Gasteiger partial charge in [0.15, 0.2) is 0 Å². The van der Waals surface area contributed by atoms with E-state index in [1.54, 1.807) is 0 Å². The van der Waals surface area contributed by atoms with Crippen molar-refractivity contribution < 1.29 is 0 Å². The summed E-state index contributed by atoms with van der Waals surface area (Å²) in [5, 5.41) is 4.97. The Hall–Kier alpha value is -6.84. The molecule has 11 rings (SSSR count). The molecule has 54 heavy (non-hydrogen) atoms. The molecule has 0 saturated carbocycles. The summed E-state index contributed by atoms with van der Waals surface area (Å²) < 4.78 is 0. The van der Waals surface area contributed by atoms with Crippen molar-refractivity contribution in [2.75, 3.05) is 9.62 Å². The van der Waals surface area contributed by atoms with E-state index in [2.05, 4.69) is 210 Å². The first-order chi connectivity index (χ1) is 26.8. The molecule has 9 aromatic carbocycles. The Labute approximate surface area is 316 Å². The van der Waals surface area contributed by atoms with Gasteiger partial charge >= 0.3 is 6.98 Å². The molecule has 0 atom stereocenters. The van der Waals surface area contributed by atoms with Crippen molar-refractivity contribution >= 4 is 51.3 Å². The monoisotopic (exact) mass is 686 g/mol. The van der Waals surface area contributed by atoms with Crippen molar-refractivity contribution in [3.63, 3.8) is 0 Å². The van der Waals surface area contributed by atoms with E-state index in [-0.39, 0.29) is 6.98 Å². The van der Waals surface area contributed by atoms with E-state index in [1.165, 1.54) is 94.4 Å². The van der Waals surface area contributed by atoms with Gasteiger partial charge in [0.25, 0.3) is 0 Å². The van der Waals surface area contributed by atoms with Crippen LogP contribution in [0.2, 0.25) is 0 Å². The maximum absolute atomic E-state index is 2.65. The highest BCUT2D eigenvalue weighted by Crippen LogP contribution is 2.52. The van der Waals surface area contributed by atoms with Gasteiger partial charge in [0.05, 0.1) is 0 Å². The SMILES string of the molecule is c1ccc(-c2ccc(N3B4Cc5c(cccc5-c5ccccc5N4c4ccc(-c5ccccc5)c5ccccc45)-c4ccccc43)c3ccccc23)cc1. The Morgan fingerprint density at radius 1 is 0.278 bits per heavy atom. The standard InChI is InChI=1S/C51H35BN2/c1-3-16-35(17-4-1)37-30-32-50(43-22-9-7-20-39(37)43)53-48-28-13-11-24-45(48)41-26-15-27-42-46-25-12-14-29-49(46)54(52(53)34-47(41)42)51-33-31-38(36-18-5-2-6-19-36)40-21-8-10-23-44(40)51/h1-33H,34H2. The largest absolute Gasteiger partial charge is 0.389 e. The van der Waals surface area contributed by atoms with Gasteiger partial charge in [0, 0.05) is 44.6 Å². The third kappa shape index (κ3) is 4.68. The fraction of sp³-hybridized carbons (Fsp3) is 0.0196. The molecular formula is C51H35BN2. The number of benzene rings is 9. The number of anilines is 4. The zero-order valence-electron chi connectivity index (χ0n) is 29.7. The molecule has 0 spiro atoms. The van der Waals surface area contributed by atoms with E-state index in [1.807, 2.05) is 0 Å². The van der Waals surface area contributed by atoms with Crippen LogP contribution in [-0.4, -0.2) is 6.98 Å². The lowest BCUT2D eigenvalue weighted by atomic mass is 9.64. The summed E-state index contributed by atoms with van der Waals surface area (Å²) in [5.41, 5.74) is 16.3. The van der Waals surface area contributed by atoms with E-state index in [0.717, 1.165) is 6.32 Å². The molecule has 3 heteroatoms. The van der Waals surface area contributed by atoms with Gasteiger partial charge in [0.1, 0.15) is 0 Å². The number of para-hydroxylation sites is 2. The lowest BCUT2D eigenvalue weighted by Gasteiger charge is -2.40. The zero-order chi connectivity index (χ0) is 35.6. The van der Waals surface area contributed by atoms with Crippen LogP contribution in [0.3, 0.4) is 0 Å². The van der Waals surface area contributed by atoms with E-state index >= 15 is 0 Å². The molecule has 2 heterocycles. The molecule has 0 aromatic heterocycles. The predicted octanol–water partition coefficient (Wildman–Crippen LogP) is 13.5. The van der Waals surface area contributed by atoms with Crippen LogP contribution in [0.4, 0.5) is 22.7 Å². The minimum atomic E-state index is -0.0887. The molecule has 252 valence electrons. The van der Waals surface area contributed by atoms with Gasteiger partial charge in [-0.2, -0.15) is 0 Å². The number of rotatable bonds is 4. The van der Waals surface area contributed by atoms with Gasteiger partial charge in [-0.25, -0.2) is 0 Å². The topological polar surface area (TPSA) is 6.48 Å². The van der Waals surface area contributed by atoms with E-state index in [0.29, 0.717) is 0 Å². The second-order valence-corrected chi connectivity index (χ2v) is 14.4. The molecule has 0 fully saturated rings. The lowest BCUT2D eigenvalue weighted by Crippen LogP contribution is -2.50. The molecule has 2 nitrogen and oxygen atoms in total. The van der Waals surface area contributed by atoms with Crippen molar-refractivity contribution in [3.05, 3.63) is 206 Å². The quantitative estimate of drug-likeness (QED) is 0.170. The van der Waals surface area contributed by atoms with Gasteiger partial charge in [-0.05, 0) is 80.3 Å². The summed E-state index contributed by atoms with van der Waals surface area (Å²) in [6, 6.07) is 73.9. The smallest absolute Gasteiger partial charge is 0.364 e. The maximum Gasteiger partial charge on any atom is 0.389 e. The second kappa shape index (κ2) is 12.4. The Kier molecular flexibility index (Phi) is 7.06. The average molecular weight is 687 g/mol. The van der Waals surface area contributed by atoms with Gasteiger partial charge in [-0.15, -0.1) is 0 Å². The van der Waals surface area contributed by atoms with Gasteiger partial charge in [-0.1, -0.05) is 176 Å². The first kappa shape index (κ1) is 30.8. The average Bonchev–Trinajstić information content (AvgIpc) is 3.48. The highest BCUT2D eigenvalue weighted by Gasteiger charge is 2.43. The Morgan fingerprint density at radius 3 is 1.15 bits per heavy atom. The summed E-state index contributed by atoms with van der Waals surface area (Å²) >= 11 is 0. The molecule has 0 amide bonds. The van der Waals surface area contributed by atoms with Crippen LogP contribution in [-0.2, 0) is 6.32 Å². The van der Waals surface area contributed by atoms with Crippen LogP contribution in [0.5, 0.6) is 0 Å². The van der Waals surface area contributed by atoms with Crippen molar-refractivity contribution in [3.8, 4) is 44.5 Å². The van der Waals surface area contributed by atoms with Gasteiger partial charge in [-0.3, -0.25) is 0 Å². The van der Waals surface area contributed by atoms with Crippen molar-refractivity contribution in [1.29, 1.82) is 0 Å². The second-order valence-electron chi connectivity index (χ2n) is 14.4.